The predicted octanol–water partition coefficient (Wildman–Crippen LogP) is 10.5. The molecule has 4 aromatic carbocycles. The van der Waals surface area contributed by atoms with Crippen molar-refractivity contribution in [3.8, 4) is 0 Å². The van der Waals surface area contributed by atoms with E-state index < -0.39 is 0 Å². The summed E-state index contributed by atoms with van der Waals surface area (Å²) in [5.41, 5.74) is 11.4. The lowest BCUT2D eigenvalue weighted by Crippen LogP contribution is -2.11. The summed E-state index contributed by atoms with van der Waals surface area (Å²) in [7, 11) is 1.83. The molecule has 196 valence electrons. The van der Waals surface area contributed by atoms with Crippen LogP contribution in [0.15, 0.2) is 82.8 Å². The van der Waals surface area contributed by atoms with Crippen molar-refractivity contribution in [1.82, 2.24) is 2.95 Å². The monoisotopic (exact) mass is 631 g/mol. The molecule has 0 bridgehead atoms. The Balaban J connectivity index is 0.000000786. The van der Waals surface area contributed by atoms with Crippen molar-refractivity contribution in [2.45, 2.75) is 53.4 Å². The van der Waals surface area contributed by atoms with Crippen LogP contribution in [0.1, 0.15) is 72.9 Å². The topological polar surface area (TPSA) is 28.0 Å². The zero-order chi connectivity index (χ0) is 27.6. The van der Waals surface area contributed by atoms with E-state index in [9.17, 15) is 0 Å². The average molecular weight is 633 g/mol. The van der Waals surface area contributed by atoms with E-state index in [0.29, 0.717) is 11.8 Å². The summed E-state index contributed by atoms with van der Waals surface area (Å²) in [6, 6.07) is 26.0. The molecule has 0 amide bonds. The van der Waals surface area contributed by atoms with E-state index >= 15 is 0 Å². The maximum atomic E-state index is 5.39. The summed E-state index contributed by atoms with van der Waals surface area (Å²) < 4.78 is 1.62. The Morgan fingerprint density at radius 3 is 1.34 bits per heavy atom. The molecule has 0 saturated heterocycles. The number of rotatable bonds is 4. The minimum Gasteiger partial charge on any atom is -0.246 e. The maximum Gasteiger partial charge on any atom is 0.0979 e. The zero-order valence-corrected chi connectivity index (χ0v) is 26.4. The molecule has 0 N–H and O–H groups in total. The molecule has 38 heavy (non-hydrogen) atoms. The molecule has 1 aliphatic rings. The number of aryl methyl sites for hydroxylation is 2. The molecule has 0 aromatic heterocycles. The van der Waals surface area contributed by atoms with Gasteiger partial charge in [0.1, 0.15) is 0 Å². The highest BCUT2D eigenvalue weighted by Crippen LogP contribution is 2.38. The Morgan fingerprint density at radius 1 is 0.605 bits per heavy atom. The Hall–Kier alpha value is -2.60. The van der Waals surface area contributed by atoms with Gasteiger partial charge in [-0.2, -0.15) is 2.95 Å². The molecule has 4 aromatic rings. The second-order valence-electron chi connectivity index (χ2n) is 10.4. The highest BCUT2D eigenvalue weighted by molar-refractivity contribution is 9.21. The smallest absolute Gasteiger partial charge is 0.0979 e. The number of nitrogens with zero attached hydrogens (tertiary/aromatic N) is 3. The van der Waals surface area contributed by atoms with Crippen LogP contribution in [0.5, 0.6) is 0 Å². The van der Waals surface area contributed by atoms with Gasteiger partial charge in [-0.25, -0.2) is 9.98 Å². The first-order chi connectivity index (χ1) is 18.1. The van der Waals surface area contributed by atoms with E-state index in [1.165, 1.54) is 44.2 Å². The van der Waals surface area contributed by atoms with Crippen LogP contribution in [0.25, 0.3) is 10.8 Å². The van der Waals surface area contributed by atoms with Gasteiger partial charge in [-0.15, -0.1) is 0 Å². The number of aliphatic imine (C=N–C) groups is 2. The van der Waals surface area contributed by atoms with E-state index in [4.69, 9.17) is 9.98 Å². The lowest BCUT2D eigenvalue weighted by molar-refractivity contribution is 0.865. The molecule has 0 saturated carbocycles. The first-order valence-corrected chi connectivity index (χ1v) is 14.5. The lowest BCUT2D eigenvalue weighted by Gasteiger charge is -2.15. The van der Waals surface area contributed by atoms with Gasteiger partial charge in [0.15, 0.2) is 0 Å². The van der Waals surface area contributed by atoms with Crippen LogP contribution in [0.4, 0.5) is 11.4 Å². The molecule has 5 heteroatoms. The van der Waals surface area contributed by atoms with Gasteiger partial charge in [-0.1, -0.05) is 100 Å². The molecule has 0 aliphatic heterocycles. The molecule has 0 unspecified atom stereocenters. The Labute approximate surface area is 244 Å². The summed E-state index contributed by atoms with van der Waals surface area (Å²) in [5, 5.41) is 2.48. The quantitative estimate of drug-likeness (QED) is 0.206. The van der Waals surface area contributed by atoms with Crippen LogP contribution in [0.2, 0.25) is 0 Å². The summed E-state index contributed by atoms with van der Waals surface area (Å²) >= 11 is 6.04. The Morgan fingerprint density at radius 2 is 0.974 bits per heavy atom. The largest absolute Gasteiger partial charge is 0.246 e. The number of benzene rings is 4. The lowest BCUT2D eigenvalue weighted by atomic mass is 9.97. The second-order valence-corrected chi connectivity index (χ2v) is 13.4. The van der Waals surface area contributed by atoms with Gasteiger partial charge < -0.3 is 0 Å². The fraction of sp³-hybridized carbons (Fsp3) is 0.273. The molecule has 0 atom stereocenters. The fourth-order valence-electron chi connectivity index (χ4n) is 5.04. The van der Waals surface area contributed by atoms with Gasteiger partial charge in [0.05, 0.1) is 22.8 Å². The molecular weight excluding hydrogens is 598 g/mol. The van der Waals surface area contributed by atoms with Crippen molar-refractivity contribution in [3.63, 3.8) is 0 Å². The average Bonchev–Trinajstić information content (AvgIpc) is 3.15. The SMILES string of the molecule is CN(Br)Br.Cc1cccc(C(C)C)c1N=C1C(=Nc2c(C)cccc2C(C)C)c2cccc3cccc1c23. The van der Waals surface area contributed by atoms with Gasteiger partial charge in [-0.05, 0) is 53.3 Å². The fourth-order valence-corrected chi connectivity index (χ4v) is 5.04. The van der Waals surface area contributed by atoms with Gasteiger partial charge in [0.2, 0.25) is 0 Å². The van der Waals surface area contributed by atoms with Crippen LogP contribution in [0, 0.1) is 13.8 Å². The predicted molar refractivity (Wildman–Crippen MR) is 172 cm³/mol. The van der Waals surface area contributed by atoms with E-state index in [2.05, 4.69) is 147 Å². The number of para-hydroxylation sites is 2. The van der Waals surface area contributed by atoms with Crippen LogP contribution in [-0.4, -0.2) is 21.4 Å². The molecule has 0 spiro atoms. The highest BCUT2D eigenvalue weighted by atomic mass is 79.9. The third-order valence-electron chi connectivity index (χ3n) is 6.87. The highest BCUT2D eigenvalue weighted by Gasteiger charge is 2.28. The van der Waals surface area contributed by atoms with Crippen molar-refractivity contribution in [3.05, 3.63) is 106 Å². The van der Waals surface area contributed by atoms with Gasteiger partial charge in [-0.3, -0.25) is 0 Å². The molecule has 0 radical (unpaired) electrons. The van der Waals surface area contributed by atoms with E-state index in [1.807, 2.05) is 7.05 Å². The first-order valence-electron chi connectivity index (χ1n) is 13.0. The maximum absolute atomic E-state index is 5.39. The van der Waals surface area contributed by atoms with Gasteiger partial charge in [0, 0.05) is 55.9 Å². The number of halogens is 2. The molecule has 0 heterocycles. The van der Waals surface area contributed by atoms with Gasteiger partial charge >= 0.3 is 0 Å². The molecule has 0 fully saturated rings. The third kappa shape index (κ3) is 5.85. The molecule has 1 aliphatic carbocycles. The minimum absolute atomic E-state index is 0.392. The van der Waals surface area contributed by atoms with Gasteiger partial charge in [0.25, 0.3) is 0 Å². The zero-order valence-electron chi connectivity index (χ0n) is 23.2. The standard InChI is InChI=1S/C32H32N2.CH3Br2N/c1-19(2)24-15-7-11-21(5)29(24)33-31-26-17-9-13-23-14-10-18-27(28(23)26)32(31)34-30-22(6)12-8-16-25(30)20(3)4;1-4(2)3/h7-20H,1-6H3;1H3. The summed E-state index contributed by atoms with van der Waals surface area (Å²) in [6.07, 6.45) is 0. The normalized spacial score (nSPS) is 14.7. The van der Waals surface area contributed by atoms with Crippen LogP contribution in [-0.2, 0) is 0 Å². The number of hydrogen-bond acceptors (Lipinski definition) is 3. The second kappa shape index (κ2) is 12.1. The van der Waals surface area contributed by atoms with Crippen molar-refractivity contribution in [1.29, 1.82) is 0 Å². The van der Waals surface area contributed by atoms with Crippen LogP contribution in [0.3, 0.4) is 0 Å². The Bertz CT molecular complexity index is 1420. The molecule has 3 nitrogen and oxygen atoms in total. The van der Waals surface area contributed by atoms with Crippen LogP contribution >= 0.6 is 32.3 Å². The summed E-state index contributed by atoms with van der Waals surface area (Å²) in [5.74, 6) is 0.784. The van der Waals surface area contributed by atoms with Crippen molar-refractivity contribution in [2.24, 2.45) is 9.98 Å². The first kappa shape index (κ1) is 28.4. The minimum atomic E-state index is 0.392. The van der Waals surface area contributed by atoms with Crippen molar-refractivity contribution < 1.29 is 0 Å². The molecule has 5 rings (SSSR count). The number of hydrogen-bond donors (Lipinski definition) is 0. The summed E-state index contributed by atoms with van der Waals surface area (Å²) in [6.45, 7) is 13.3. The Kier molecular flexibility index (Phi) is 9.02. The summed E-state index contributed by atoms with van der Waals surface area (Å²) in [4.78, 5) is 10.8. The van der Waals surface area contributed by atoms with E-state index in [1.54, 1.807) is 2.95 Å². The van der Waals surface area contributed by atoms with Crippen LogP contribution < -0.4 is 0 Å². The van der Waals surface area contributed by atoms with E-state index in [-0.39, 0.29) is 0 Å². The van der Waals surface area contributed by atoms with Crippen molar-refractivity contribution in [2.75, 3.05) is 7.05 Å². The third-order valence-corrected chi connectivity index (χ3v) is 6.87. The van der Waals surface area contributed by atoms with E-state index in [0.717, 1.165) is 22.8 Å². The van der Waals surface area contributed by atoms with Crippen molar-refractivity contribution >= 4 is 65.9 Å². The molecular formula is C33H35Br2N3.